The van der Waals surface area contributed by atoms with Crippen molar-refractivity contribution >= 4 is 33.7 Å². The second-order valence-corrected chi connectivity index (χ2v) is 7.24. The lowest BCUT2D eigenvalue weighted by Crippen LogP contribution is -2.18. The van der Waals surface area contributed by atoms with Crippen LogP contribution < -0.4 is 5.56 Å². The van der Waals surface area contributed by atoms with Crippen molar-refractivity contribution in [1.29, 1.82) is 0 Å². The molecule has 0 fully saturated rings. The number of pyridine rings is 2. The number of ketones is 1. The molecule has 3 aromatic carbocycles. The van der Waals surface area contributed by atoms with Crippen LogP contribution in [0.2, 0.25) is 0 Å². The van der Waals surface area contributed by atoms with Gasteiger partial charge >= 0.3 is 0 Å². The number of carbonyl (C=O) groups excluding carboxylic acids is 1. The summed E-state index contributed by atoms with van der Waals surface area (Å²) < 4.78 is 0. The summed E-state index contributed by atoms with van der Waals surface area (Å²) in [6.07, 6.45) is 4.90. The van der Waals surface area contributed by atoms with Crippen molar-refractivity contribution in [3.8, 4) is 11.1 Å². The average Bonchev–Trinajstić information content (AvgIpc) is 2.82. The fourth-order valence-corrected chi connectivity index (χ4v) is 3.89. The highest BCUT2D eigenvalue weighted by molar-refractivity contribution is 6.15. The number of benzene rings is 3. The van der Waals surface area contributed by atoms with Crippen LogP contribution in [0.1, 0.15) is 15.9 Å². The van der Waals surface area contributed by atoms with Gasteiger partial charge in [0.2, 0.25) is 0 Å². The number of carbonyl (C=O) groups is 1. The van der Waals surface area contributed by atoms with Crippen LogP contribution in [-0.2, 0) is 0 Å². The Labute approximate surface area is 178 Å². The predicted octanol–water partition coefficient (Wildman–Crippen LogP) is 5.64. The Hall–Kier alpha value is -4.31. The standard InChI is InChI=1S/C27H18N2O2/c30-23(16-15-20-11-6-10-19-12-7-17-28-26(19)20)25-24(18-8-2-1-3-9-18)21-13-4-5-14-22(21)29-27(25)31/h1-17H,(H,29,31)/b16-15+. The third-order valence-corrected chi connectivity index (χ3v) is 5.31. The molecule has 0 atom stereocenters. The first-order valence-corrected chi connectivity index (χ1v) is 9.99. The van der Waals surface area contributed by atoms with Crippen molar-refractivity contribution in [3.05, 3.63) is 119 Å². The van der Waals surface area contributed by atoms with E-state index >= 15 is 0 Å². The third kappa shape index (κ3) is 3.45. The zero-order chi connectivity index (χ0) is 21.2. The van der Waals surface area contributed by atoms with Gasteiger partial charge in [0.05, 0.1) is 11.1 Å². The van der Waals surface area contributed by atoms with Crippen molar-refractivity contribution in [2.75, 3.05) is 0 Å². The van der Waals surface area contributed by atoms with E-state index in [-0.39, 0.29) is 11.3 Å². The van der Waals surface area contributed by atoms with Crippen LogP contribution in [0.5, 0.6) is 0 Å². The van der Waals surface area contributed by atoms with Crippen LogP contribution in [0, 0.1) is 0 Å². The minimum atomic E-state index is -0.400. The number of hydrogen-bond acceptors (Lipinski definition) is 3. The van der Waals surface area contributed by atoms with Crippen LogP contribution in [-0.4, -0.2) is 15.8 Å². The van der Waals surface area contributed by atoms with Gasteiger partial charge in [-0.3, -0.25) is 14.6 Å². The van der Waals surface area contributed by atoms with Crippen LogP contribution in [0.4, 0.5) is 0 Å². The summed E-state index contributed by atoms with van der Waals surface area (Å²) in [6, 6.07) is 26.7. The number of hydrogen-bond donors (Lipinski definition) is 1. The lowest BCUT2D eigenvalue weighted by atomic mass is 9.94. The van der Waals surface area contributed by atoms with Crippen molar-refractivity contribution in [1.82, 2.24) is 9.97 Å². The van der Waals surface area contributed by atoms with Gasteiger partial charge in [-0.05, 0) is 29.8 Å². The molecule has 31 heavy (non-hydrogen) atoms. The number of rotatable bonds is 4. The smallest absolute Gasteiger partial charge is 0.260 e. The maximum Gasteiger partial charge on any atom is 0.260 e. The minimum absolute atomic E-state index is 0.134. The second-order valence-electron chi connectivity index (χ2n) is 7.24. The summed E-state index contributed by atoms with van der Waals surface area (Å²) in [5.74, 6) is -0.348. The molecule has 4 nitrogen and oxygen atoms in total. The molecular formula is C27H18N2O2. The Kier molecular flexibility index (Phi) is 4.73. The van der Waals surface area contributed by atoms with Crippen molar-refractivity contribution in [2.24, 2.45) is 0 Å². The van der Waals surface area contributed by atoms with Crippen LogP contribution in [0.15, 0.2) is 102 Å². The number of nitrogens with zero attached hydrogens (tertiary/aromatic N) is 1. The summed E-state index contributed by atoms with van der Waals surface area (Å²) >= 11 is 0. The van der Waals surface area contributed by atoms with Crippen LogP contribution >= 0.6 is 0 Å². The van der Waals surface area contributed by atoms with Crippen molar-refractivity contribution in [2.45, 2.75) is 0 Å². The van der Waals surface area contributed by atoms with Gasteiger partial charge in [-0.1, -0.05) is 72.8 Å². The molecule has 0 saturated heterocycles. The normalized spacial score (nSPS) is 11.4. The molecule has 4 heteroatoms. The quantitative estimate of drug-likeness (QED) is 0.313. The monoisotopic (exact) mass is 402 g/mol. The van der Waals surface area contributed by atoms with Gasteiger partial charge in [-0.2, -0.15) is 0 Å². The molecule has 0 aliphatic carbocycles. The molecule has 5 rings (SSSR count). The maximum atomic E-state index is 13.3. The number of para-hydroxylation sites is 2. The highest BCUT2D eigenvalue weighted by atomic mass is 16.1. The van der Waals surface area contributed by atoms with E-state index < -0.39 is 5.56 Å². The Morgan fingerprint density at radius 2 is 1.61 bits per heavy atom. The van der Waals surface area contributed by atoms with Crippen LogP contribution in [0.25, 0.3) is 39.0 Å². The van der Waals surface area contributed by atoms with E-state index in [0.717, 1.165) is 27.4 Å². The molecule has 0 spiro atoms. The lowest BCUT2D eigenvalue weighted by molar-refractivity contribution is 0.104. The third-order valence-electron chi connectivity index (χ3n) is 5.31. The molecule has 2 aromatic heterocycles. The highest BCUT2D eigenvalue weighted by Gasteiger charge is 2.19. The van der Waals surface area contributed by atoms with E-state index in [1.165, 1.54) is 6.08 Å². The van der Waals surface area contributed by atoms with E-state index in [0.29, 0.717) is 11.1 Å². The van der Waals surface area contributed by atoms with Crippen molar-refractivity contribution in [3.63, 3.8) is 0 Å². The first kappa shape index (κ1) is 18.7. The summed E-state index contributed by atoms with van der Waals surface area (Å²) in [6.45, 7) is 0. The Morgan fingerprint density at radius 1 is 0.839 bits per heavy atom. The summed E-state index contributed by atoms with van der Waals surface area (Å²) in [5, 5.41) is 1.82. The fourth-order valence-electron chi connectivity index (χ4n) is 3.89. The summed E-state index contributed by atoms with van der Waals surface area (Å²) in [4.78, 5) is 33.5. The Morgan fingerprint density at radius 3 is 2.48 bits per heavy atom. The Balaban J connectivity index is 1.68. The van der Waals surface area contributed by atoms with Gasteiger partial charge in [0.25, 0.3) is 5.56 Å². The Bertz CT molecular complexity index is 1510. The van der Waals surface area contributed by atoms with Gasteiger partial charge in [0, 0.05) is 33.6 Å². The number of fused-ring (bicyclic) bond motifs is 2. The van der Waals surface area contributed by atoms with Gasteiger partial charge in [-0.15, -0.1) is 0 Å². The van der Waals surface area contributed by atoms with Gasteiger partial charge in [0.15, 0.2) is 5.78 Å². The topological polar surface area (TPSA) is 62.8 Å². The minimum Gasteiger partial charge on any atom is -0.321 e. The van der Waals surface area contributed by atoms with Gasteiger partial charge in [0.1, 0.15) is 0 Å². The number of allylic oxidation sites excluding steroid dienone is 1. The molecule has 1 N–H and O–H groups in total. The van der Waals surface area contributed by atoms with Gasteiger partial charge in [-0.25, -0.2) is 0 Å². The molecule has 2 heterocycles. The summed E-state index contributed by atoms with van der Waals surface area (Å²) in [7, 11) is 0. The number of aromatic nitrogens is 2. The van der Waals surface area contributed by atoms with E-state index in [2.05, 4.69) is 9.97 Å². The van der Waals surface area contributed by atoms with Crippen molar-refractivity contribution < 1.29 is 4.79 Å². The first-order valence-electron chi connectivity index (χ1n) is 9.99. The molecule has 0 amide bonds. The molecule has 0 radical (unpaired) electrons. The SMILES string of the molecule is O=C(/C=C/c1cccc2cccnc12)c1c(-c2ccccc2)c2ccccc2[nH]c1=O. The lowest BCUT2D eigenvalue weighted by Gasteiger charge is -2.11. The molecule has 148 valence electrons. The molecule has 0 bridgehead atoms. The molecule has 5 aromatic rings. The molecular weight excluding hydrogens is 384 g/mol. The van der Waals surface area contributed by atoms with Crippen LogP contribution in [0.3, 0.4) is 0 Å². The average molecular weight is 402 g/mol. The highest BCUT2D eigenvalue weighted by Crippen LogP contribution is 2.30. The number of H-pyrrole nitrogens is 1. The second kappa shape index (κ2) is 7.84. The number of nitrogens with one attached hydrogen (secondary N) is 1. The van der Waals surface area contributed by atoms with E-state index in [4.69, 9.17) is 0 Å². The fraction of sp³-hybridized carbons (Fsp3) is 0. The largest absolute Gasteiger partial charge is 0.321 e. The zero-order valence-electron chi connectivity index (χ0n) is 16.6. The molecule has 0 unspecified atom stereocenters. The first-order chi connectivity index (χ1) is 15.2. The van der Waals surface area contributed by atoms with E-state index in [1.807, 2.05) is 84.9 Å². The zero-order valence-corrected chi connectivity index (χ0v) is 16.6. The van der Waals surface area contributed by atoms with E-state index in [1.54, 1.807) is 12.3 Å². The maximum absolute atomic E-state index is 13.3. The molecule has 0 aliphatic rings. The van der Waals surface area contributed by atoms with E-state index in [9.17, 15) is 9.59 Å². The van der Waals surface area contributed by atoms with Gasteiger partial charge < -0.3 is 4.98 Å². The molecule has 0 saturated carbocycles. The molecule has 0 aliphatic heterocycles. The predicted molar refractivity (Wildman–Crippen MR) is 125 cm³/mol. The number of aromatic amines is 1. The summed E-state index contributed by atoms with van der Waals surface area (Å²) in [5.41, 5.74) is 3.54.